The molecule has 2 rings (SSSR count). The van der Waals surface area contributed by atoms with Gasteiger partial charge >= 0.3 is 5.97 Å². The molecule has 0 unspecified atom stereocenters. The Kier molecular flexibility index (Phi) is 4.55. The number of aromatic carboxylic acids is 1. The predicted octanol–water partition coefficient (Wildman–Crippen LogP) is 1.29. The van der Waals surface area contributed by atoms with Gasteiger partial charge in [0.05, 0.1) is 10.6 Å². The van der Waals surface area contributed by atoms with Crippen LogP contribution in [-0.2, 0) is 10.0 Å². The van der Waals surface area contributed by atoms with E-state index in [2.05, 4.69) is 5.32 Å². The van der Waals surface area contributed by atoms with Crippen LogP contribution in [0.1, 0.15) is 10.4 Å². The van der Waals surface area contributed by atoms with Crippen molar-refractivity contribution in [1.82, 2.24) is 9.62 Å². The van der Waals surface area contributed by atoms with Gasteiger partial charge < -0.3 is 10.4 Å². The van der Waals surface area contributed by atoms with Gasteiger partial charge in [0, 0.05) is 31.2 Å². The van der Waals surface area contributed by atoms with Gasteiger partial charge in [0.1, 0.15) is 4.90 Å². The van der Waals surface area contributed by atoms with Crippen molar-refractivity contribution in [3.63, 3.8) is 0 Å². The summed E-state index contributed by atoms with van der Waals surface area (Å²) in [5, 5.41) is 11.8. The zero-order chi connectivity index (χ0) is 14.9. The molecule has 0 aliphatic carbocycles. The fourth-order valence-corrected chi connectivity index (χ4v) is 4.25. The van der Waals surface area contributed by atoms with Crippen molar-refractivity contribution in [2.75, 3.05) is 26.2 Å². The molecule has 0 saturated carbocycles. The minimum atomic E-state index is -3.86. The van der Waals surface area contributed by atoms with Crippen LogP contribution in [0.15, 0.2) is 17.0 Å². The number of benzene rings is 1. The molecule has 1 fully saturated rings. The third-order valence-corrected chi connectivity index (χ3v) is 5.59. The van der Waals surface area contributed by atoms with Crippen LogP contribution in [0.3, 0.4) is 0 Å². The summed E-state index contributed by atoms with van der Waals surface area (Å²) in [5.74, 6) is -1.32. The number of piperazine rings is 1. The molecular formula is C11H12Cl2N2O4S. The number of carbonyl (C=O) groups is 1. The predicted molar refractivity (Wildman–Crippen MR) is 75.0 cm³/mol. The highest BCUT2D eigenvalue weighted by Gasteiger charge is 2.30. The number of rotatable bonds is 3. The molecule has 6 nitrogen and oxygen atoms in total. The van der Waals surface area contributed by atoms with Crippen LogP contribution in [0, 0.1) is 0 Å². The lowest BCUT2D eigenvalue weighted by atomic mass is 10.2. The summed E-state index contributed by atoms with van der Waals surface area (Å²) in [6.07, 6.45) is 0. The van der Waals surface area contributed by atoms with Gasteiger partial charge in [-0.15, -0.1) is 0 Å². The van der Waals surface area contributed by atoms with E-state index in [4.69, 9.17) is 28.3 Å². The van der Waals surface area contributed by atoms with Gasteiger partial charge in [0.15, 0.2) is 0 Å². The maximum atomic E-state index is 12.5. The van der Waals surface area contributed by atoms with E-state index in [9.17, 15) is 13.2 Å². The molecule has 1 aromatic rings. The Morgan fingerprint density at radius 2 is 1.85 bits per heavy atom. The van der Waals surface area contributed by atoms with Crippen molar-refractivity contribution in [3.05, 3.63) is 27.7 Å². The first-order chi connectivity index (χ1) is 9.34. The van der Waals surface area contributed by atoms with Crippen LogP contribution in [-0.4, -0.2) is 50.0 Å². The number of hydrogen-bond acceptors (Lipinski definition) is 4. The summed E-state index contributed by atoms with van der Waals surface area (Å²) in [6.45, 7) is 1.66. The van der Waals surface area contributed by atoms with Crippen molar-refractivity contribution < 1.29 is 18.3 Å². The molecular weight excluding hydrogens is 327 g/mol. The Bertz CT molecular complexity index is 642. The molecule has 0 atom stereocenters. The Balaban J connectivity index is 2.53. The zero-order valence-electron chi connectivity index (χ0n) is 10.3. The van der Waals surface area contributed by atoms with Gasteiger partial charge in [-0.05, 0) is 12.1 Å². The largest absolute Gasteiger partial charge is 0.478 e. The summed E-state index contributed by atoms with van der Waals surface area (Å²) in [6, 6.07) is 2.30. The second-order valence-corrected chi connectivity index (χ2v) is 6.95. The second-order valence-electron chi connectivity index (χ2n) is 4.22. The Labute approximate surface area is 126 Å². The summed E-state index contributed by atoms with van der Waals surface area (Å²) < 4.78 is 26.3. The van der Waals surface area contributed by atoms with E-state index >= 15 is 0 Å². The van der Waals surface area contributed by atoms with Crippen LogP contribution >= 0.6 is 23.2 Å². The van der Waals surface area contributed by atoms with Crippen LogP contribution in [0.4, 0.5) is 0 Å². The number of nitrogens with one attached hydrogen (secondary N) is 1. The van der Waals surface area contributed by atoms with Gasteiger partial charge in [0.2, 0.25) is 10.0 Å². The highest BCUT2D eigenvalue weighted by atomic mass is 35.5. The third kappa shape index (κ3) is 2.91. The molecule has 1 aliphatic heterocycles. The number of nitrogens with zero attached hydrogens (tertiary/aromatic N) is 1. The van der Waals surface area contributed by atoms with Crippen molar-refractivity contribution in [2.24, 2.45) is 0 Å². The van der Waals surface area contributed by atoms with Gasteiger partial charge in [0.25, 0.3) is 0 Å². The average molecular weight is 339 g/mol. The molecule has 110 valence electrons. The average Bonchev–Trinajstić information content (AvgIpc) is 2.41. The minimum absolute atomic E-state index is 0.0144. The van der Waals surface area contributed by atoms with Gasteiger partial charge in [-0.25, -0.2) is 13.2 Å². The van der Waals surface area contributed by atoms with Crippen LogP contribution in [0.2, 0.25) is 10.0 Å². The van der Waals surface area contributed by atoms with Crippen molar-refractivity contribution >= 4 is 39.2 Å². The molecule has 20 heavy (non-hydrogen) atoms. The number of hydrogen-bond donors (Lipinski definition) is 2. The van der Waals surface area contributed by atoms with Crippen LogP contribution in [0.5, 0.6) is 0 Å². The molecule has 0 radical (unpaired) electrons. The maximum Gasteiger partial charge on any atom is 0.337 e. The maximum absolute atomic E-state index is 12.5. The first-order valence-corrected chi connectivity index (χ1v) is 7.97. The minimum Gasteiger partial charge on any atom is -0.478 e. The topological polar surface area (TPSA) is 86.7 Å². The van der Waals surface area contributed by atoms with E-state index in [1.54, 1.807) is 0 Å². The van der Waals surface area contributed by atoms with E-state index in [0.717, 1.165) is 6.07 Å². The van der Waals surface area contributed by atoms with Crippen LogP contribution < -0.4 is 5.32 Å². The summed E-state index contributed by atoms with van der Waals surface area (Å²) in [4.78, 5) is 10.8. The molecule has 0 spiro atoms. The third-order valence-electron chi connectivity index (χ3n) is 2.93. The standard InChI is InChI=1S/C11H12Cl2N2O4S/c12-7-5-8(11(16)17)10(13)9(6-7)20(18,19)15-3-1-14-2-4-15/h5-6,14H,1-4H2,(H,16,17). The molecule has 1 saturated heterocycles. The lowest BCUT2D eigenvalue weighted by Gasteiger charge is -2.27. The summed E-state index contributed by atoms with van der Waals surface area (Å²) in [5.41, 5.74) is -0.326. The smallest absolute Gasteiger partial charge is 0.337 e. The lowest BCUT2D eigenvalue weighted by molar-refractivity contribution is 0.0697. The molecule has 1 heterocycles. The summed E-state index contributed by atoms with van der Waals surface area (Å²) >= 11 is 11.7. The van der Waals surface area contributed by atoms with E-state index < -0.39 is 16.0 Å². The SMILES string of the molecule is O=C(O)c1cc(Cl)cc(S(=O)(=O)N2CCNCC2)c1Cl. The highest BCUT2D eigenvalue weighted by molar-refractivity contribution is 7.89. The van der Waals surface area contributed by atoms with Gasteiger partial charge in [-0.3, -0.25) is 0 Å². The zero-order valence-corrected chi connectivity index (χ0v) is 12.6. The molecule has 0 aromatic heterocycles. The Morgan fingerprint density at radius 1 is 1.25 bits per heavy atom. The number of carboxylic acids is 1. The fraction of sp³-hybridized carbons (Fsp3) is 0.364. The van der Waals surface area contributed by atoms with E-state index in [0.29, 0.717) is 26.2 Å². The van der Waals surface area contributed by atoms with Gasteiger partial charge in [-0.2, -0.15) is 4.31 Å². The molecule has 1 aromatic carbocycles. The summed E-state index contributed by atoms with van der Waals surface area (Å²) in [7, 11) is -3.86. The molecule has 1 aliphatic rings. The molecule has 9 heteroatoms. The quantitative estimate of drug-likeness (QED) is 0.867. The fourth-order valence-electron chi connectivity index (χ4n) is 1.93. The normalized spacial score (nSPS) is 17.1. The lowest BCUT2D eigenvalue weighted by Crippen LogP contribution is -2.46. The van der Waals surface area contributed by atoms with E-state index in [1.165, 1.54) is 10.4 Å². The van der Waals surface area contributed by atoms with Crippen molar-refractivity contribution in [3.8, 4) is 0 Å². The Hall–Kier alpha value is -0.860. The van der Waals surface area contributed by atoms with E-state index in [1.807, 2.05) is 0 Å². The van der Waals surface area contributed by atoms with Crippen molar-refractivity contribution in [2.45, 2.75) is 4.90 Å². The number of sulfonamides is 1. The van der Waals surface area contributed by atoms with Crippen LogP contribution in [0.25, 0.3) is 0 Å². The second kappa shape index (κ2) is 5.87. The molecule has 0 amide bonds. The van der Waals surface area contributed by atoms with E-state index in [-0.39, 0.29) is 20.5 Å². The number of carboxylic acid groups (broad SMARTS) is 1. The monoisotopic (exact) mass is 338 g/mol. The Morgan fingerprint density at radius 3 is 2.40 bits per heavy atom. The first kappa shape index (κ1) is 15.5. The van der Waals surface area contributed by atoms with Crippen molar-refractivity contribution in [1.29, 1.82) is 0 Å². The highest BCUT2D eigenvalue weighted by Crippen LogP contribution is 2.31. The first-order valence-electron chi connectivity index (χ1n) is 5.77. The van der Waals surface area contributed by atoms with Gasteiger partial charge in [-0.1, -0.05) is 23.2 Å². The molecule has 0 bridgehead atoms. The number of halogens is 2. The molecule has 2 N–H and O–H groups in total.